The number of para-hydroxylation sites is 1. The molecule has 0 aliphatic carbocycles. The molecule has 11 heteroatoms. The number of methoxy groups -OCH3 is 1. The van der Waals surface area contributed by atoms with E-state index in [0.717, 1.165) is 4.90 Å². The molecular weight excluding hydrogens is 472 g/mol. The van der Waals surface area contributed by atoms with Gasteiger partial charge < -0.3 is 19.9 Å². The molecule has 9 nitrogen and oxygen atoms in total. The number of carboxylic acid groups (broad SMARTS) is 1. The Kier molecular flexibility index (Phi) is 7.62. The maximum Gasteiger partial charge on any atom is 0.344 e. The van der Waals surface area contributed by atoms with Crippen molar-refractivity contribution in [3.8, 4) is 11.5 Å². The van der Waals surface area contributed by atoms with E-state index in [4.69, 9.17) is 26.2 Å². The Balaban J connectivity index is 1.80. The summed E-state index contributed by atoms with van der Waals surface area (Å²) in [5, 5.41) is 11.6. The number of carboxylic acids is 1. The Labute approximate surface area is 198 Å². The fourth-order valence-corrected chi connectivity index (χ4v) is 3.77. The Morgan fingerprint density at radius 3 is 2.55 bits per heavy atom. The standard InChI is InChI=1S/C22H19ClN2O7S/c1-12(21(28)29)32-19-13(4-3-5-16(19)31-2)10-17-20(27)25(22(30)33-17)11-18(26)24-15-8-6-14(23)7-9-15/h3-10,12H,11H2,1-2H3,(H,24,26)(H,28,29)/b17-10-/t12-/m1/s1. The largest absolute Gasteiger partial charge is 0.493 e. The lowest BCUT2D eigenvalue weighted by atomic mass is 10.1. The minimum Gasteiger partial charge on any atom is -0.493 e. The summed E-state index contributed by atoms with van der Waals surface area (Å²) in [7, 11) is 1.39. The molecule has 1 atom stereocenters. The van der Waals surface area contributed by atoms with E-state index in [9.17, 15) is 19.2 Å². The fourth-order valence-electron chi connectivity index (χ4n) is 2.82. The molecule has 0 spiro atoms. The van der Waals surface area contributed by atoms with Gasteiger partial charge in [0.1, 0.15) is 6.54 Å². The third-order valence-electron chi connectivity index (χ3n) is 4.46. The molecule has 3 amide bonds. The second kappa shape index (κ2) is 10.4. The number of halogens is 1. The maximum atomic E-state index is 12.8. The van der Waals surface area contributed by atoms with Crippen LogP contribution in [0.15, 0.2) is 47.4 Å². The number of imide groups is 1. The highest BCUT2D eigenvalue weighted by Gasteiger charge is 2.36. The zero-order valence-electron chi connectivity index (χ0n) is 17.5. The number of carbonyl (C=O) groups is 4. The van der Waals surface area contributed by atoms with Gasteiger partial charge in [0, 0.05) is 16.3 Å². The number of rotatable bonds is 8. The highest BCUT2D eigenvalue weighted by Crippen LogP contribution is 2.37. The number of hydrogen-bond donors (Lipinski definition) is 2. The number of anilines is 1. The van der Waals surface area contributed by atoms with Crippen LogP contribution in [-0.4, -0.2) is 52.8 Å². The van der Waals surface area contributed by atoms with Gasteiger partial charge in [0.15, 0.2) is 17.6 Å². The molecule has 0 bridgehead atoms. The molecule has 0 aromatic heterocycles. The van der Waals surface area contributed by atoms with E-state index >= 15 is 0 Å². The van der Waals surface area contributed by atoms with Crippen LogP contribution >= 0.6 is 23.4 Å². The SMILES string of the molecule is COc1cccc(/C=C2\SC(=O)N(CC(=O)Nc3ccc(Cl)cc3)C2=O)c1O[C@H](C)C(=O)O. The van der Waals surface area contributed by atoms with Crippen LogP contribution in [0.25, 0.3) is 6.08 Å². The number of aliphatic carboxylic acids is 1. The van der Waals surface area contributed by atoms with Gasteiger partial charge in [0.2, 0.25) is 5.91 Å². The van der Waals surface area contributed by atoms with Crippen molar-refractivity contribution in [3.05, 3.63) is 58.0 Å². The van der Waals surface area contributed by atoms with Crippen molar-refractivity contribution in [1.29, 1.82) is 0 Å². The summed E-state index contributed by atoms with van der Waals surface area (Å²) in [6.45, 7) is 0.883. The van der Waals surface area contributed by atoms with Crippen LogP contribution in [0.1, 0.15) is 12.5 Å². The molecule has 1 aliphatic heterocycles. The molecule has 0 unspecified atom stereocenters. The van der Waals surface area contributed by atoms with E-state index in [0.29, 0.717) is 28.0 Å². The average Bonchev–Trinajstić information content (AvgIpc) is 3.03. The van der Waals surface area contributed by atoms with Crippen LogP contribution in [0.4, 0.5) is 10.5 Å². The molecule has 0 radical (unpaired) electrons. The van der Waals surface area contributed by atoms with E-state index in [1.165, 1.54) is 20.1 Å². The highest BCUT2D eigenvalue weighted by molar-refractivity contribution is 8.18. The van der Waals surface area contributed by atoms with Gasteiger partial charge in [0.05, 0.1) is 12.0 Å². The van der Waals surface area contributed by atoms with Crippen molar-refractivity contribution >= 4 is 58.1 Å². The first-order chi connectivity index (χ1) is 15.7. The van der Waals surface area contributed by atoms with Gasteiger partial charge in [-0.25, -0.2) is 4.79 Å². The lowest BCUT2D eigenvalue weighted by Gasteiger charge is -2.16. The second-order valence-electron chi connectivity index (χ2n) is 6.80. The van der Waals surface area contributed by atoms with Crippen molar-refractivity contribution < 1.29 is 33.8 Å². The summed E-state index contributed by atoms with van der Waals surface area (Å²) in [5.41, 5.74) is 0.816. The zero-order chi connectivity index (χ0) is 24.1. The Bertz CT molecular complexity index is 1130. The highest BCUT2D eigenvalue weighted by atomic mass is 35.5. The van der Waals surface area contributed by atoms with Gasteiger partial charge in [-0.05, 0) is 55.1 Å². The second-order valence-corrected chi connectivity index (χ2v) is 8.23. The van der Waals surface area contributed by atoms with Crippen molar-refractivity contribution in [2.24, 2.45) is 0 Å². The molecular formula is C22H19ClN2O7S. The maximum absolute atomic E-state index is 12.8. The number of nitrogens with zero attached hydrogens (tertiary/aromatic N) is 1. The van der Waals surface area contributed by atoms with Gasteiger partial charge in [-0.2, -0.15) is 0 Å². The van der Waals surface area contributed by atoms with Crippen LogP contribution in [0, 0.1) is 0 Å². The number of benzene rings is 2. The number of hydrogen-bond acceptors (Lipinski definition) is 7. The summed E-state index contributed by atoms with van der Waals surface area (Å²) in [6, 6.07) is 11.2. The molecule has 172 valence electrons. The van der Waals surface area contributed by atoms with Crippen LogP contribution < -0.4 is 14.8 Å². The van der Waals surface area contributed by atoms with Crippen molar-refractivity contribution in [3.63, 3.8) is 0 Å². The number of amides is 3. The quantitative estimate of drug-likeness (QED) is 0.534. The third kappa shape index (κ3) is 5.85. The number of carbonyl (C=O) groups excluding carboxylic acids is 3. The topological polar surface area (TPSA) is 122 Å². The van der Waals surface area contributed by atoms with Crippen molar-refractivity contribution in [2.75, 3.05) is 19.0 Å². The average molecular weight is 491 g/mol. The molecule has 0 saturated carbocycles. The van der Waals surface area contributed by atoms with Crippen LogP contribution in [0.5, 0.6) is 11.5 Å². The minimum absolute atomic E-state index is 0.0559. The third-order valence-corrected chi connectivity index (χ3v) is 5.62. The van der Waals surface area contributed by atoms with Crippen LogP contribution in [0.3, 0.4) is 0 Å². The Hall–Kier alpha value is -3.50. The van der Waals surface area contributed by atoms with Gasteiger partial charge in [-0.15, -0.1) is 0 Å². The van der Waals surface area contributed by atoms with E-state index < -0.39 is 35.7 Å². The van der Waals surface area contributed by atoms with Crippen molar-refractivity contribution in [1.82, 2.24) is 4.90 Å². The predicted octanol–water partition coefficient (Wildman–Crippen LogP) is 3.88. The summed E-state index contributed by atoms with van der Waals surface area (Å²) in [5.74, 6) is -2.02. The van der Waals surface area contributed by atoms with Crippen molar-refractivity contribution in [2.45, 2.75) is 13.0 Å². The van der Waals surface area contributed by atoms with E-state index in [1.807, 2.05) is 0 Å². The Morgan fingerprint density at radius 1 is 1.21 bits per heavy atom. The Morgan fingerprint density at radius 2 is 1.91 bits per heavy atom. The number of thioether (sulfide) groups is 1. The number of ether oxygens (including phenoxy) is 2. The lowest BCUT2D eigenvalue weighted by molar-refractivity contribution is -0.144. The van der Waals surface area contributed by atoms with Gasteiger partial charge in [0.25, 0.3) is 11.1 Å². The fraction of sp³-hybridized carbons (Fsp3) is 0.182. The van der Waals surface area contributed by atoms with Gasteiger partial charge >= 0.3 is 5.97 Å². The van der Waals surface area contributed by atoms with Crippen LogP contribution in [0.2, 0.25) is 5.02 Å². The van der Waals surface area contributed by atoms with E-state index in [1.54, 1.807) is 42.5 Å². The molecule has 3 rings (SSSR count). The lowest BCUT2D eigenvalue weighted by Crippen LogP contribution is -2.36. The first kappa shape index (κ1) is 24.1. The first-order valence-electron chi connectivity index (χ1n) is 9.57. The molecule has 1 saturated heterocycles. The smallest absolute Gasteiger partial charge is 0.344 e. The molecule has 1 fully saturated rings. The molecule has 1 aliphatic rings. The molecule has 1 heterocycles. The molecule has 33 heavy (non-hydrogen) atoms. The predicted molar refractivity (Wildman–Crippen MR) is 123 cm³/mol. The van der Waals surface area contributed by atoms with Crippen LogP contribution in [-0.2, 0) is 14.4 Å². The summed E-state index contributed by atoms with van der Waals surface area (Å²) in [6.07, 6.45) is 0.217. The van der Waals surface area contributed by atoms with Gasteiger partial charge in [-0.3, -0.25) is 19.3 Å². The zero-order valence-corrected chi connectivity index (χ0v) is 19.1. The van der Waals surface area contributed by atoms with Gasteiger partial charge in [-0.1, -0.05) is 23.7 Å². The summed E-state index contributed by atoms with van der Waals surface area (Å²) < 4.78 is 10.7. The molecule has 2 N–H and O–H groups in total. The van der Waals surface area contributed by atoms with E-state index in [-0.39, 0.29) is 16.4 Å². The normalized spacial score (nSPS) is 15.5. The van der Waals surface area contributed by atoms with E-state index in [2.05, 4.69) is 5.32 Å². The molecule has 2 aromatic carbocycles. The summed E-state index contributed by atoms with van der Waals surface area (Å²) >= 11 is 6.48. The molecule has 2 aromatic rings. The summed E-state index contributed by atoms with van der Waals surface area (Å²) in [4.78, 5) is 49.6. The monoisotopic (exact) mass is 490 g/mol. The minimum atomic E-state index is -1.18. The first-order valence-corrected chi connectivity index (χ1v) is 10.8. The number of nitrogens with one attached hydrogen (secondary N) is 1.